The van der Waals surface area contributed by atoms with Gasteiger partial charge in [0.05, 0.1) is 18.8 Å². The molecule has 0 fully saturated rings. The first kappa shape index (κ1) is 18.4. The molecule has 1 heterocycles. The van der Waals surface area contributed by atoms with E-state index in [9.17, 15) is 14.3 Å². The number of carbonyl (C=O) groups excluding carboxylic acids is 1. The van der Waals surface area contributed by atoms with Gasteiger partial charge in [-0.3, -0.25) is 0 Å². The Bertz CT molecular complexity index is 887. The van der Waals surface area contributed by atoms with Crippen molar-refractivity contribution in [1.82, 2.24) is 0 Å². The van der Waals surface area contributed by atoms with Crippen molar-refractivity contribution in [3.8, 4) is 0 Å². The lowest BCUT2D eigenvalue weighted by atomic mass is 10.1. The highest BCUT2D eigenvalue weighted by molar-refractivity contribution is 6.31. The van der Waals surface area contributed by atoms with Gasteiger partial charge in [0.2, 0.25) is 0 Å². The van der Waals surface area contributed by atoms with E-state index in [1.54, 1.807) is 13.0 Å². The van der Waals surface area contributed by atoms with E-state index in [1.807, 2.05) is 25.1 Å². The van der Waals surface area contributed by atoms with Gasteiger partial charge in [0, 0.05) is 10.6 Å². The smallest absolute Gasteiger partial charge is 0.363 e. The minimum absolute atomic E-state index is 0.0992. The molecular weight excluding hydrogens is 359 g/mol. The largest absolute Gasteiger partial charge is 0.462 e. The summed E-state index contributed by atoms with van der Waals surface area (Å²) in [5.74, 6) is -1.15. The number of ether oxygens (including phenoxy) is 1. The summed E-state index contributed by atoms with van der Waals surface area (Å²) in [6, 6.07) is 11.4. The predicted molar refractivity (Wildman–Crippen MR) is 98.1 cm³/mol. The van der Waals surface area contributed by atoms with Gasteiger partial charge in [-0.25, -0.2) is 14.2 Å². The highest BCUT2D eigenvalue weighted by atomic mass is 35.5. The lowest BCUT2D eigenvalue weighted by Crippen LogP contribution is -2.44. The van der Waals surface area contributed by atoms with Crippen LogP contribution in [0.4, 0.5) is 10.1 Å². The molecule has 7 heteroatoms. The molecule has 0 aliphatic carbocycles. The van der Waals surface area contributed by atoms with Gasteiger partial charge in [0.25, 0.3) is 5.72 Å². The second-order valence-corrected chi connectivity index (χ2v) is 6.46. The first-order valence-electron chi connectivity index (χ1n) is 8.13. The average Bonchev–Trinajstić information content (AvgIpc) is 2.96. The van der Waals surface area contributed by atoms with Crippen molar-refractivity contribution < 1.29 is 19.0 Å². The lowest BCUT2D eigenvalue weighted by Gasteiger charge is -2.23. The minimum Gasteiger partial charge on any atom is -0.462 e. The van der Waals surface area contributed by atoms with E-state index in [-0.39, 0.29) is 24.7 Å². The molecule has 0 saturated carbocycles. The minimum atomic E-state index is -2.12. The fourth-order valence-electron chi connectivity index (χ4n) is 2.82. The summed E-state index contributed by atoms with van der Waals surface area (Å²) < 4.78 is 19.4. The SMILES string of the molecule is CCOC(=O)C1(O)CN(c2cc(Cl)ccc2F)C(c2cccc(C)c2)=N1. The summed E-state index contributed by atoms with van der Waals surface area (Å²) in [6.07, 6.45) is 0. The molecule has 1 unspecified atom stereocenters. The number of aryl methyl sites for hydroxylation is 1. The molecule has 2 aromatic rings. The Balaban J connectivity index is 2.12. The van der Waals surface area contributed by atoms with Crippen molar-refractivity contribution in [2.24, 2.45) is 4.99 Å². The van der Waals surface area contributed by atoms with Crippen LogP contribution in [0.15, 0.2) is 47.5 Å². The summed E-state index contributed by atoms with van der Waals surface area (Å²) in [5, 5.41) is 11.1. The molecule has 0 radical (unpaired) electrons. The number of anilines is 1. The number of carbonyl (C=O) groups is 1. The van der Waals surface area contributed by atoms with Crippen molar-refractivity contribution >= 4 is 29.1 Å². The summed E-state index contributed by atoms with van der Waals surface area (Å²) in [4.78, 5) is 17.8. The van der Waals surface area contributed by atoms with Crippen molar-refractivity contribution in [3.63, 3.8) is 0 Å². The van der Waals surface area contributed by atoms with E-state index >= 15 is 0 Å². The number of benzene rings is 2. The van der Waals surface area contributed by atoms with Crippen molar-refractivity contribution in [1.29, 1.82) is 0 Å². The van der Waals surface area contributed by atoms with Gasteiger partial charge in [-0.1, -0.05) is 35.4 Å². The second kappa shape index (κ2) is 7.05. The van der Waals surface area contributed by atoms with Crippen LogP contribution in [0.2, 0.25) is 5.02 Å². The number of aliphatic imine (C=N–C) groups is 1. The van der Waals surface area contributed by atoms with Gasteiger partial charge >= 0.3 is 5.97 Å². The van der Waals surface area contributed by atoms with Crippen LogP contribution in [0.1, 0.15) is 18.1 Å². The van der Waals surface area contributed by atoms with Crippen LogP contribution >= 0.6 is 11.6 Å². The number of esters is 1. The normalized spacial score (nSPS) is 19.4. The molecule has 1 N–H and O–H groups in total. The number of hydrogen-bond donors (Lipinski definition) is 1. The molecule has 1 aliphatic heterocycles. The topological polar surface area (TPSA) is 62.1 Å². The fraction of sp³-hybridized carbons (Fsp3) is 0.263. The number of amidine groups is 1. The molecule has 0 amide bonds. The van der Waals surface area contributed by atoms with Crippen LogP contribution < -0.4 is 4.90 Å². The van der Waals surface area contributed by atoms with Gasteiger partial charge in [-0.15, -0.1) is 0 Å². The highest BCUT2D eigenvalue weighted by Gasteiger charge is 2.47. The molecule has 0 bridgehead atoms. The quantitative estimate of drug-likeness (QED) is 0.832. The Morgan fingerprint density at radius 2 is 2.15 bits per heavy atom. The maximum Gasteiger partial charge on any atom is 0.363 e. The third kappa shape index (κ3) is 3.43. The van der Waals surface area contributed by atoms with Crippen LogP contribution in [0.5, 0.6) is 0 Å². The van der Waals surface area contributed by atoms with E-state index in [0.29, 0.717) is 10.6 Å². The van der Waals surface area contributed by atoms with Crippen molar-refractivity contribution in [3.05, 3.63) is 64.4 Å². The first-order valence-corrected chi connectivity index (χ1v) is 8.51. The molecule has 5 nitrogen and oxygen atoms in total. The van der Waals surface area contributed by atoms with E-state index in [2.05, 4.69) is 4.99 Å². The zero-order valence-electron chi connectivity index (χ0n) is 14.4. The Morgan fingerprint density at radius 3 is 2.85 bits per heavy atom. The molecular formula is C19H18ClFN2O3. The molecule has 0 spiro atoms. The van der Waals surface area contributed by atoms with Crippen LogP contribution in [0.3, 0.4) is 0 Å². The van der Waals surface area contributed by atoms with E-state index < -0.39 is 17.5 Å². The summed E-state index contributed by atoms with van der Waals surface area (Å²) in [5.41, 5.74) is -0.394. The Labute approximate surface area is 155 Å². The van der Waals surface area contributed by atoms with Gasteiger partial charge < -0.3 is 14.7 Å². The zero-order chi connectivity index (χ0) is 18.9. The van der Waals surface area contributed by atoms with E-state index in [1.165, 1.54) is 23.1 Å². The van der Waals surface area contributed by atoms with Crippen LogP contribution in [-0.4, -0.2) is 35.8 Å². The van der Waals surface area contributed by atoms with Gasteiger partial charge in [0.15, 0.2) is 0 Å². The zero-order valence-corrected chi connectivity index (χ0v) is 15.1. The number of rotatable bonds is 4. The van der Waals surface area contributed by atoms with E-state index in [4.69, 9.17) is 16.3 Å². The molecule has 26 heavy (non-hydrogen) atoms. The van der Waals surface area contributed by atoms with Crippen LogP contribution in [0, 0.1) is 12.7 Å². The molecule has 2 aromatic carbocycles. The number of halogens is 2. The monoisotopic (exact) mass is 376 g/mol. The second-order valence-electron chi connectivity index (χ2n) is 6.02. The molecule has 0 saturated heterocycles. The molecule has 1 aliphatic rings. The highest BCUT2D eigenvalue weighted by Crippen LogP contribution is 2.32. The van der Waals surface area contributed by atoms with Gasteiger partial charge in [0.1, 0.15) is 11.7 Å². The summed E-state index contributed by atoms with van der Waals surface area (Å²) in [6.45, 7) is 3.37. The average molecular weight is 377 g/mol. The number of aliphatic hydroxyl groups is 1. The fourth-order valence-corrected chi connectivity index (χ4v) is 2.99. The van der Waals surface area contributed by atoms with Crippen molar-refractivity contribution in [2.45, 2.75) is 19.6 Å². The van der Waals surface area contributed by atoms with Crippen molar-refractivity contribution in [2.75, 3.05) is 18.1 Å². The molecule has 136 valence electrons. The third-order valence-electron chi connectivity index (χ3n) is 4.00. The lowest BCUT2D eigenvalue weighted by molar-refractivity contribution is -0.162. The van der Waals surface area contributed by atoms with Gasteiger partial charge in [-0.2, -0.15) is 0 Å². The molecule has 3 rings (SSSR count). The van der Waals surface area contributed by atoms with E-state index in [0.717, 1.165) is 5.56 Å². The molecule has 0 aromatic heterocycles. The van der Waals surface area contributed by atoms with Gasteiger partial charge in [-0.05, 0) is 38.1 Å². The maximum atomic E-state index is 14.4. The Hall–Kier alpha value is -2.44. The maximum absolute atomic E-state index is 14.4. The Morgan fingerprint density at radius 1 is 1.38 bits per heavy atom. The predicted octanol–water partition coefficient (Wildman–Crippen LogP) is 3.31. The molecule has 1 atom stereocenters. The first-order chi connectivity index (χ1) is 12.3. The number of hydrogen-bond acceptors (Lipinski definition) is 5. The number of nitrogens with zero attached hydrogens (tertiary/aromatic N) is 2. The third-order valence-corrected chi connectivity index (χ3v) is 4.24. The van der Waals surface area contributed by atoms with Crippen LogP contribution in [0.25, 0.3) is 0 Å². The number of β-amino-alcohol motifs (C(OH)–C–C–N with tert-alkyl or cyclic N) is 1. The standard InChI is InChI=1S/C19H18ClFN2O3/c1-3-26-18(24)19(25)11-23(16-10-14(20)7-8-15(16)21)17(22-19)13-6-4-5-12(2)9-13/h4-10,25H,3,11H2,1-2H3. The van der Waals surface area contributed by atoms with Crippen LogP contribution in [-0.2, 0) is 9.53 Å². The summed E-state index contributed by atoms with van der Waals surface area (Å²) >= 11 is 6.01. The Kier molecular flexibility index (Phi) is 4.98. The summed E-state index contributed by atoms with van der Waals surface area (Å²) in [7, 11) is 0.